The van der Waals surface area contributed by atoms with Gasteiger partial charge in [0.05, 0.1) is 39.5 Å². The summed E-state index contributed by atoms with van der Waals surface area (Å²) in [7, 11) is 3.18. The van der Waals surface area contributed by atoms with E-state index in [4.69, 9.17) is 23.7 Å². The summed E-state index contributed by atoms with van der Waals surface area (Å²) in [6.07, 6.45) is 11.3. The van der Waals surface area contributed by atoms with Crippen molar-refractivity contribution in [1.29, 1.82) is 0 Å². The lowest BCUT2D eigenvalue weighted by atomic mass is 9.75. The summed E-state index contributed by atoms with van der Waals surface area (Å²) in [6.45, 7) is 14.9. The van der Waals surface area contributed by atoms with Gasteiger partial charge in [0, 0.05) is 18.9 Å². The van der Waals surface area contributed by atoms with Gasteiger partial charge in [0.1, 0.15) is 12.1 Å². The molecule has 1 aliphatic carbocycles. The number of nitrogens with zero attached hydrogens (tertiary/aromatic N) is 1. The number of rotatable bonds is 16. The summed E-state index contributed by atoms with van der Waals surface area (Å²) in [5, 5.41) is 0. The van der Waals surface area contributed by atoms with Crippen LogP contribution in [0.5, 0.6) is 17.2 Å². The lowest BCUT2D eigenvalue weighted by Gasteiger charge is -2.40. The van der Waals surface area contributed by atoms with Crippen molar-refractivity contribution in [2.75, 3.05) is 34.0 Å². The van der Waals surface area contributed by atoms with Crippen LogP contribution in [0.25, 0.3) is 0 Å². The fourth-order valence-corrected chi connectivity index (χ4v) is 6.17. The van der Waals surface area contributed by atoms with Crippen molar-refractivity contribution in [2.45, 2.75) is 103 Å². The molecule has 0 aromatic heterocycles. The van der Waals surface area contributed by atoms with Gasteiger partial charge in [0.2, 0.25) is 11.7 Å². The third kappa shape index (κ3) is 9.24. The van der Waals surface area contributed by atoms with Crippen LogP contribution in [0.4, 0.5) is 0 Å². The van der Waals surface area contributed by atoms with Crippen LogP contribution in [0.3, 0.4) is 0 Å². The van der Waals surface area contributed by atoms with E-state index in [-0.39, 0.29) is 35.9 Å². The molecule has 43 heavy (non-hydrogen) atoms. The number of carbonyl (C=O) groups excluding carboxylic acids is 2. The number of esters is 1. The molecule has 0 radical (unpaired) electrons. The molecule has 0 spiro atoms. The van der Waals surface area contributed by atoms with Crippen molar-refractivity contribution in [1.82, 2.24) is 4.90 Å². The van der Waals surface area contributed by atoms with E-state index in [9.17, 15) is 9.59 Å². The Labute approximate surface area is 258 Å². The highest BCUT2D eigenvalue weighted by Gasteiger charge is 2.41. The van der Waals surface area contributed by atoms with Gasteiger partial charge in [-0.15, -0.1) is 13.2 Å². The number of amides is 1. The number of hydrogen-bond donors (Lipinski definition) is 0. The van der Waals surface area contributed by atoms with Crippen molar-refractivity contribution < 1.29 is 33.3 Å². The molecule has 1 aromatic rings. The van der Waals surface area contributed by atoms with Crippen molar-refractivity contribution >= 4 is 11.9 Å². The zero-order valence-electron chi connectivity index (χ0n) is 27.0. The quantitative estimate of drug-likeness (QED) is 0.117. The molecule has 1 aliphatic heterocycles. The summed E-state index contributed by atoms with van der Waals surface area (Å²) in [6, 6.07) is 3.24. The van der Waals surface area contributed by atoms with E-state index in [1.165, 1.54) is 6.42 Å². The molecule has 3 rings (SSSR count). The molecule has 1 aromatic carbocycles. The molecule has 2 fully saturated rings. The Morgan fingerprint density at radius 2 is 1.67 bits per heavy atom. The minimum atomic E-state index is -0.599. The van der Waals surface area contributed by atoms with Gasteiger partial charge in [-0.2, -0.15) is 0 Å². The topological polar surface area (TPSA) is 83.5 Å². The highest BCUT2D eigenvalue weighted by Crippen LogP contribution is 2.45. The minimum Gasteiger partial charge on any atom is -0.493 e. The molecule has 0 N–H and O–H groups in total. The van der Waals surface area contributed by atoms with Crippen LogP contribution in [0.2, 0.25) is 0 Å². The van der Waals surface area contributed by atoms with Crippen LogP contribution in [-0.2, 0) is 19.1 Å². The van der Waals surface area contributed by atoms with Gasteiger partial charge in [-0.25, -0.2) is 4.79 Å². The number of likely N-dealkylation sites (tertiary alicyclic amines) is 1. The zero-order valence-corrected chi connectivity index (χ0v) is 27.0. The molecule has 2 aliphatic rings. The first-order chi connectivity index (χ1) is 20.7. The normalized spacial score (nSPS) is 20.3. The van der Waals surface area contributed by atoms with Crippen molar-refractivity contribution in [3.05, 3.63) is 43.0 Å². The van der Waals surface area contributed by atoms with Crippen LogP contribution >= 0.6 is 0 Å². The maximum absolute atomic E-state index is 14.6. The number of piperidine rings is 1. The van der Waals surface area contributed by atoms with Gasteiger partial charge in [0.25, 0.3) is 0 Å². The Kier molecular flexibility index (Phi) is 13.9. The number of benzene rings is 1. The number of carbonyl (C=O) groups is 2. The molecule has 0 bridgehead atoms. The molecular formula is C35H53NO7. The maximum Gasteiger partial charge on any atom is 0.329 e. The third-order valence-electron chi connectivity index (χ3n) is 8.92. The summed E-state index contributed by atoms with van der Waals surface area (Å²) >= 11 is 0. The van der Waals surface area contributed by atoms with Gasteiger partial charge in [-0.05, 0) is 69.6 Å². The van der Waals surface area contributed by atoms with Gasteiger partial charge >= 0.3 is 5.97 Å². The van der Waals surface area contributed by atoms with Crippen molar-refractivity contribution in [3.63, 3.8) is 0 Å². The lowest BCUT2D eigenvalue weighted by Crippen LogP contribution is -2.51. The maximum atomic E-state index is 14.6. The third-order valence-corrected chi connectivity index (χ3v) is 8.92. The summed E-state index contributed by atoms with van der Waals surface area (Å²) in [4.78, 5) is 29.9. The molecule has 1 saturated carbocycles. The first-order valence-corrected chi connectivity index (χ1v) is 16.0. The van der Waals surface area contributed by atoms with E-state index in [0.717, 1.165) is 44.1 Å². The standard InChI is InChI=1S/C35H53NO7/c1-8-20-41-21-18-25(4)42-31-23-28(22-30(39-6)33(31)40-7)32(27-15-11-10-12-16-27)34(37)36-19-14-13-17-29(36)35(38)43-26(5)24(3)9-2/h8-9,22-27,29,32H,1-2,10-21H2,3-7H3/t24-,25-,26-,29+,32+/m1/s1. The Morgan fingerprint density at radius 3 is 2.33 bits per heavy atom. The SMILES string of the molecule is C=CCOCC[C@@H](C)Oc1cc([C@@H](C(=O)N2CCCC[C@H]2C(=O)O[C@H](C)[C@H](C)C=C)C2CCCCC2)cc(OC)c1OC. The molecule has 240 valence electrons. The van der Waals surface area contributed by atoms with Crippen LogP contribution in [-0.4, -0.2) is 69.0 Å². The van der Waals surface area contributed by atoms with E-state index in [2.05, 4.69) is 13.2 Å². The monoisotopic (exact) mass is 599 g/mol. The van der Waals surface area contributed by atoms with E-state index in [1.807, 2.05) is 32.9 Å². The molecule has 1 saturated heterocycles. The van der Waals surface area contributed by atoms with Crippen molar-refractivity contribution in [2.24, 2.45) is 11.8 Å². The number of ether oxygens (including phenoxy) is 5. The van der Waals surface area contributed by atoms with Crippen LogP contribution in [0, 0.1) is 11.8 Å². The van der Waals surface area contributed by atoms with Gasteiger partial charge in [-0.1, -0.05) is 38.3 Å². The average molecular weight is 600 g/mol. The molecule has 5 atom stereocenters. The molecule has 8 nitrogen and oxygen atoms in total. The smallest absolute Gasteiger partial charge is 0.329 e. The predicted molar refractivity (Wildman–Crippen MR) is 169 cm³/mol. The Morgan fingerprint density at radius 1 is 0.977 bits per heavy atom. The Bertz CT molecular complexity index is 1070. The fourth-order valence-electron chi connectivity index (χ4n) is 6.17. The second kappa shape index (κ2) is 17.3. The molecule has 1 heterocycles. The summed E-state index contributed by atoms with van der Waals surface area (Å²) < 4.78 is 29.3. The van der Waals surface area contributed by atoms with E-state index >= 15 is 0 Å². The van der Waals surface area contributed by atoms with Crippen LogP contribution < -0.4 is 14.2 Å². The fraction of sp³-hybridized carbons (Fsp3) is 0.657. The largest absolute Gasteiger partial charge is 0.493 e. The second-order valence-corrected chi connectivity index (χ2v) is 12.0. The highest BCUT2D eigenvalue weighted by molar-refractivity contribution is 5.89. The average Bonchev–Trinajstić information content (AvgIpc) is 3.02. The second-order valence-electron chi connectivity index (χ2n) is 12.0. The van der Waals surface area contributed by atoms with Gasteiger partial charge in [0.15, 0.2) is 11.5 Å². The Balaban J connectivity index is 1.97. The molecule has 1 amide bonds. The summed E-state index contributed by atoms with van der Waals surface area (Å²) in [5.74, 6) is 0.908. The van der Waals surface area contributed by atoms with E-state index < -0.39 is 12.0 Å². The number of hydrogen-bond acceptors (Lipinski definition) is 7. The Hall–Kier alpha value is -3.00. The van der Waals surface area contributed by atoms with Crippen LogP contribution in [0.1, 0.15) is 90.0 Å². The lowest BCUT2D eigenvalue weighted by molar-refractivity contribution is -0.163. The van der Waals surface area contributed by atoms with E-state index in [0.29, 0.717) is 49.8 Å². The minimum absolute atomic E-state index is 0.0211. The first kappa shape index (κ1) is 34.5. The predicted octanol–water partition coefficient (Wildman–Crippen LogP) is 6.86. The van der Waals surface area contributed by atoms with Gasteiger partial charge < -0.3 is 28.6 Å². The molecule has 0 unspecified atom stereocenters. The van der Waals surface area contributed by atoms with E-state index in [1.54, 1.807) is 31.3 Å². The van der Waals surface area contributed by atoms with Crippen molar-refractivity contribution in [3.8, 4) is 17.2 Å². The highest BCUT2D eigenvalue weighted by atomic mass is 16.5. The zero-order chi connectivity index (χ0) is 31.4. The molecular weight excluding hydrogens is 546 g/mol. The summed E-state index contributed by atoms with van der Waals surface area (Å²) in [5.41, 5.74) is 0.825. The number of methoxy groups -OCH3 is 2. The van der Waals surface area contributed by atoms with Gasteiger partial charge in [-0.3, -0.25) is 4.79 Å². The van der Waals surface area contributed by atoms with Crippen LogP contribution in [0.15, 0.2) is 37.4 Å². The molecule has 8 heteroatoms. The first-order valence-electron chi connectivity index (χ1n) is 16.0.